The Hall–Kier alpha value is -1.88. The van der Waals surface area contributed by atoms with E-state index in [1.807, 2.05) is 68.4 Å². The fourth-order valence-corrected chi connectivity index (χ4v) is 3.77. The van der Waals surface area contributed by atoms with Crippen LogP contribution in [-0.2, 0) is 5.60 Å². The molecule has 3 N–H and O–H groups in total. The van der Waals surface area contributed by atoms with Gasteiger partial charge in [0.2, 0.25) is 6.10 Å². The summed E-state index contributed by atoms with van der Waals surface area (Å²) in [5.74, 6) is 0.654. The van der Waals surface area contributed by atoms with Gasteiger partial charge in [-0.25, -0.2) is 0 Å². The summed E-state index contributed by atoms with van der Waals surface area (Å²) in [4.78, 5) is 0. The van der Waals surface area contributed by atoms with E-state index in [2.05, 4.69) is 12.2 Å². The average molecular weight is 356 g/mol. The number of aliphatic hydroxyl groups is 3. The fourth-order valence-electron chi connectivity index (χ4n) is 3.77. The first kappa shape index (κ1) is 18.9. The van der Waals surface area contributed by atoms with Crippen molar-refractivity contribution in [1.29, 1.82) is 0 Å². The van der Waals surface area contributed by atoms with Crippen molar-refractivity contribution in [2.75, 3.05) is 19.7 Å². The monoisotopic (exact) mass is 356 g/mol. The smallest absolute Gasteiger partial charge is 0.201 e. The Morgan fingerprint density at radius 3 is 2.42 bits per heavy atom. The Labute approximate surface area is 156 Å². The van der Waals surface area contributed by atoms with E-state index in [0.29, 0.717) is 6.54 Å². The molecule has 1 unspecified atom stereocenters. The predicted octanol–water partition coefficient (Wildman–Crippen LogP) is 2.96. The van der Waals surface area contributed by atoms with Gasteiger partial charge in [0.1, 0.15) is 5.75 Å². The van der Waals surface area contributed by atoms with Crippen molar-refractivity contribution in [3.63, 3.8) is 0 Å². The number of morpholine rings is 1. The summed E-state index contributed by atoms with van der Waals surface area (Å²) in [5.41, 5.74) is 0.795. The van der Waals surface area contributed by atoms with Crippen LogP contribution in [0, 0.1) is 0 Å². The van der Waals surface area contributed by atoms with Gasteiger partial charge in [-0.05, 0) is 25.5 Å². The molecule has 0 radical (unpaired) electrons. The lowest BCUT2D eigenvalue weighted by Crippen LogP contribution is -2.55. The molecule has 3 atom stereocenters. The maximum Gasteiger partial charge on any atom is 0.201 e. The van der Waals surface area contributed by atoms with E-state index in [1.165, 1.54) is 0 Å². The second-order valence-corrected chi connectivity index (χ2v) is 7.24. The zero-order valence-corrected chi connectivity index (χ0v) is 15.9. The second kappa shape index (κ2) is 8.21. The van der Waals surface area contributed by atoms with Crippen LogP contribution in [0.5, 0.6) is 5.75 Å². The van der Waals surface area contributed by atoms with Crippen LogP contribution in [0.2, 0.25) is 0 Å². The van der Waals surface area contributed by atoms with Gasteiger partial charge in [0.05, 0.1) is 19.2 Å². The Morgan fingerprint density at radius 2 is 1.77 bits per heavy atom. The van der Waals surface area contributed by atoms with E-state index in [-0.39, 0.29) is 18.1 Å². The summed E-state index contributed by atoms with van der Waals surface area (Å²) in [6.07, 6.45) is -0.130. The van der Waals surface area contributed by atoms with E-state index in [0.717, 1.165) is 30.0 Å². The number of benzene rings is 2. The molecule has 3 rings (SSSR count). The van der Waals surface area contributed by atoms with Crippen molar-refractivity contribution in [2.24, 2.45) is 0 Å². The molecule has 0 amide bonds. The largest absolute Gasteiger partial charge is 0.491 e. The van der Waals surface area contributed by atoms with Crippen molar-refractivity contribution in [3.05, 3.63) is 65.7 Å². The van der Waals surface area contributed by atoms with Gasteiger partial charge in [-0.2, -0.15) is 0 Å². The minimum Gasteiger partial charge on any atom is -0.491 e. The predicted molar refractivity (Wildman–Crippen MR) is 105 cm³/mol. The molecule has 0 bridgehead atoms. The highest BCUT2D eigenvalue weighted by molar-refractivity contribution is 5.41. The number of rotatable bonds is 6. The van der Waals surface area contributed by atoms with Crippen LogP contribution in [0.3, 0.4) is 0 Å². The third-order valence-electron chi connectivity index (χ3n) is 5.13. The molecule has 0 aliphatic carbocycles. The highest BCUT2D eigenvalue weighted by atomic mass is 16.5. The molecule has 4 nitrogen and oxygen atoms in total. The van der Waals surface area contributed by atoms with Crippen LogP contribution in [0.1, 0.15) is 37.8 Å². The van der Waals surface area contributed by atoms with Gasteiger partial charge in [-0.1, -0.05) is 55.5 Å². The van der Waals surface area contributed by atoms with Crippen molar-refractivity contribution in [3.8, 4) is 5.75 Å². The summed E-state index contributed by atoms with van der Waals surface area (Å²) < 4.78 is 10.8. The summed E-state index contributed by atoms with van der Waals surface area (Å²) in [6, 6.07) is 17.9. The maximum atomic E-state index is 12.0. The quantitative estimate of drug-likeness (QED) is 0.783. The summed E-state index contributed by atoms with van der Waals surface area (Å²) in [5, 5.41) is 15.4. The molecule has 2 aromatic carbocycles. The third-order valence-corrected chi connectivity index (χ3v) is 5.13. The fraction of sp³-hybridized carbons (Fsp3) is 0.455. The molecule has 0 spiro atoms. The van der Waals surface area contributed by atoms with Gasteiger partial charge in [0.15, 0.2) is 12.2 Å². The maximum absolute atomic E-state index is 12.0. The Morgan fingerprint density at radius 1 is 1.08 bits per heavy atom. The molecular formula is C22H30NO3+. The van der Waals surface area contributed by atoms with E-state index in [9.17, 15) is 5.11 Å². The molecular weight excluding hydrogens is 326 g/mol. The van der Waals surface area contributed by atoms with Crippen molar-refractivity contribution < 1.29 is 14.6 Å². The zero-order chi connectivity index (χ0) is 18.6. The van der Waals surface area contributed by atoms with Crippen LogP contribution in [-0.4, -0.2) is 41.7 Å². The second-order valence-electron chi connectivity index (χ2n) is 7.24. The van der Waals surface area contributed by atoms with Gasteiger partial charge in [0.25, 0.3) is 0 Å². The molecule has 26 heavy (non-hydrogen) atoms. The van der Waals surface area contributed by atoms with Crippen molar-refractivity contribution >= 4 is 0 Å². The SMILES string of the molecule is CC(C)Oc1ccccc1[C@H](C)C(O)(c1ccccc1)[C@@H]1CNCC[OH+]1. The number of nitrogens with one attached hydrogen (secondary N) is 1. The lowest BCUT2D eigenvalue weighted by Gasteiger charge is -2.40. The summed E-state index contributed by atoms with van der Waals surface area (Å²) in [6.45, 7) is 8.36. The molecule has 0 saturated carbocycles. The van der Waals surface area contributed by atoms with Gasteiger partial charge in [-0.3, -0.25) is 0 Å². The molecule has 1 saturated heterocycles. The van der Waals surface area contributed by atoms with E-state index in [1.54, 1.807) is 0 Å². The van der Waals surface area contributed by atoms with Gasteiger partial charge in [0, 0.05) is 11.5 Å². The van der Waals surface area contributed by atoms with Crippen molar-refractivity contribution in [2.45, 2.75) is 44.5 Å². The molecule has 1 aliphatic rings. The molecule has 140 valence electrons. The number of para-hydroxylation sites is 1. The molecule has 1 aliphatic heterocycles. The van der Waals surface area contributed by atoms with Gasteiger partial charge < -0.3 is 19.9 Å². The van der Waals surface area contributed by atoms with Gasteiger partial charge >= 0.3 is 0 Å². The molecule has 1 fully saturated rings. The average Bonchev–Trinajstić information content (AvgIpc) is 2.68. The summed E-state index contributed by atoms with van der Waals surface area (Å²) in [7, 11) is 0. The van der Waals surface area contributed by atoms with Crippen LogP contribution in [0.25, 0.3) is 0 Å². The molecule has 0 aromatic heterocycles. The summed E-state index contributed by atoms with van der Waals surface area (Å²) >= 11 is 0. The lowest BCUT2D eigenvalue weighted by molar-refractivity contribution is -0.218. The minimum absolute atomic E-state index is 0.0780. The Kier molecular flexibility index (Phi) is 5.97. The van der Waals surface area contributed by atoms with Crippen molar-refractivity contribution in [1.82, 2.24) is 5.32 Å². The third kappa shape index (κ3) is 3.78. The lowest BCUT2D eigenvalue weighted by atomic mass is 9.74. The standard InChI is InChI=1S/C22H29NO3/c1-16(2)26-20-12-8-7-11-19(20)17(3)22(24,18-9-5-4-6-10-18)21-15-23-13-14-25-21/h4-12,16-17,21,23-24H,13-15H2,1-3H3/p+1/t17-,21-,22?/m0/s1. The highest BCUT2D eigenvalue weighted by Gasteiger charge is 2.49. The Balaban J connectivity index is 2.05. The van der Waals surface area contributed by atoms with E-state index in [4.69, 9.17) is 9.47 Å². The van der Waals surface area contributed by atoms with Crippen LogP contribution < -0.4 is 10.1 Å². The number of hydrogen-bond acceptors (Lipinski definition) is 3. The van der Waals surface area contributed by atoms with E-state index >= 15 is 0 Å². The molecule has 2 aromatic rings. The van der Waals surface area contributed by atoms with Gasteiger partial charge in [-0.15, -0.1) is 0 Å². The first-order chi connectivity index (χ1) is 12.5. The minimum atomic E-state index is -1.11. The molecule has 4 heteroatoms. The van der Waals surface area contributed by atoms with Crippen LogP contribution >= 0.6 is 0 Å². The van der Waals surface area contributed by atoms with Crippen LogP contribution in [0.15, 0.2) is 54.6 Å². The first-order valence-electron chi connectivity index (χ1n) is 9.44. The number of hydrogen-bond donors (Lipinski definition) is 2. The van der Waals surface area contributed by atoms with E-state index < -0.39 is 5.60 Å². The highest BCUT2D eigenvalue weighted by Crippen LogP contribution is 2.43. The first-order valence-corrected chi connectivity index (χ1v) is 9.44. The van der Waals surface area contributed by atoms with Crippen LogP contribution in [0.4, 0.5) is 0 Å². The normalized spacial score (nSPS) is 21.2. The zero-order valence-electron chi connectivity index (χ0n) is 15.9. The molecule has 1 heterocycles. The Bertz CT molecular complexity index is 698. The number of ether oxygens (including phenoxy) is 2. The topological polar surface area (TPSA) is 54.3 Å².